The Morgan fingerprint density at radius 2 is 2.24 bits per heavy atom. The van der Waals surface area contributed by atoms with Crippen LogP contribution >= 0.6 is 0 Å². The van der Waals surface area contributed by atoms with Crippen LogP contribution < -0.4 is 15.4 Å². The van der Waals surface area contributed by atoms with Gasteiger partial charge in [-0.15, -0.1) is 0 Å². The van der Waals surface area contributed by atoms with E-state index < -0.39 is 11.9 Å². The molecule has 4 nitrogen and oxygen atoms in total. The highest BCUT2D eigenvalue weighted by molar-refractivity contribution is 5.49. The summed E-state index contributed by atoms with van der Waals surface area (Å²) in [4.78, 5) is 1.75. The van der Waals surface area contributed by atoms with E-state index in [1.807, 2.05) is 0 Å². The molecule has 1 atom stereocenters. The molecule has 0 aliphatic carbocycles. The van der Waals surface area contributed by atoms with Gasteiger partial charge in [0.2, 0.25) is 0 Å². The average Bonchev–Trinajstić information content (AvgIpc) is 2.31. The van der Waals surface area contributed by atoms with Gasteiger partial charge < -0.3 is 20.5 Å². The number of nitrogens with zero attached hydrogens (tertiary/aromatic N) is 1. The third-order valence-electron chi connectivity index (χ3n) is 2.41. The Labute approximate surface area is 101 Å². The predicted octanol–water partition coefficient (Wildman–Crippen LogP) is 0.980. The summed E-state index contributed by atoms with van der Waals surface area (Å²) in [6.07, 6.45) is -0.616. The molecule has 0 saturated carbocycles. The summed E-state index contributed by atoms with van der Waals surface area (Å²) in [5, 5.41) is 9.41. The first-order valence-corrected chi connectivity index (χ1v) is 5.60. The summed E-state index contributed by atoms with van der Waals surface area (Å²) < 4.78 is 18.7. The van der Waals surface area contributed by atoms with E-state index in [1.54, 1.807) is 31.0 Å². The van der Waals surface area contributed by atoms with Crippen molar-refractivity contribution in [2.24, 2.45) is 5.73 Å². The SMILES string of the molecule is CCOc1ccc(N(C)CC(O)CN)cc1F. The Morgan fingerprint density at radius 1 is 1.53 bits per heavy atom. The number of likely N-dealkylation sites (N-methyl/N-ethyl adjacent to an activating group) is 1. The summed E-state index contributed by atoms with van der Waals surface area (Å²) in [6, 6.07) is 4.71. The van der Waals surface area contributed by atoms with Gasteiger partial charge in [0, 0.05) is 31.9 Å². The second-order valence-electron chi connectivity index (χ2n) is 3.82. The normalized spacial score (nSPS) is 12.3. The van der Waals surface area contributed by atoms with E-state index in [-0.39, 0.29) is 12.3 Å². The van der Waals surface area contributed by atoms with Gasteiger partial charge >= 0.3 is 0 Å². The molecule has 96 valence electrons. The highest BCUT2D eigenvalue weighted by Crippen LogP contribution is 2.23. The van der Waals surface area contributed by atoms with Crippen molar-refractivity contribution in [2.75, 3.05) is 31.6 Å². The van der Waals surface area contributed by atoms with Crippen LogP contribution in [-0.2, 0) is 0 Å². The van der Waals surface area contributed by atoms with Gasteiger partial charge in [-0.1, -0.05) is 0 Å². The van der Waals surface area contributed by atoms with Crippen molar-refractivity contribution in [2.45, 2.75) is 13.0 Å². The van der Waals surface area contributed by atoms with Gasteiger partial charge in [-0.05, 0) is 19.1 Å². The number of anilines is 1. The molecule has 0 aliphatic heterocycles. The number of hydrogen-bond donors (Lipinski definition) is 2. The second kappa shape index (κ2) is 6.42. The molecule has 0 radical (unpaired) electrons. The van der Waals surface area contributed by atoms with Crippen LogP contribution in [0.2, 0.25) is 0 Å². The Balaban J connectivity index is 2.75. The van der Waals surface area contributed by atoms with E-state index in [9.17, 15) is 9.50 Å². The zero-order chi connectivity index (χ0) is 12.8. The van der Waals surface area contributed by atoms with E-state index in [0.717, 1.165) is 0 Å². The smallest absolute Gasteiger partial charge is 0.167 e. The minimum atomic E-state index is -0.616. The molecule has 1 unspecified atom stereocenters. The Bertz CT molecular complexity index is 360. The minimum absolute atomic E-state index is 0.184. The third-order valence-corrected chi connectivity index (χ3v) is 2.41. The van der Waals surface area contributed by atoms with Gasteiger partial charge in [0.15, 0.2) is 11.6 Å². The van der Waals surface area contributed by atoms with Crippen molar-refractivity contribution in [1.82, 2.24) is 0 Å². The second-order valence-corrected chi connectivity index (χ2v) is 3.82. The maximum absolute atomic E-state index is 13.6. The van der Waals surface area contributed by atoms with Crippen LogP contribution in [0.4, 0.5) is 10.1 Å². The van der Waals surface area contributed by atoms with Gasteiger partial charge in [0.25, 0.3) is 0 Å². The predicted molar refractivity (Wildman–Crippen MR) is 65.9 cm³/mol. The molecule has 0 fully saturated rings. The molecule has 0 bridgehead atoms. The van der Waals surface area contributed by atoms with Crippen molar-refractivity contribution in [3.8, 4) is 5.75 Å². The minimum Gasteiger partial charge on any atom is -0.491 e. The molecule has 0 spiro atoms. The van der Waals surface area contributed by atoms with E-state index >= 15 is 0 Å². The maximum atomic E-state index is 13.6. The molecule has 0 saturated heterocycles. The van der Waals surface area contributed by atoms with Crippen LogP contribution in [-0.4, -0.2) is 38.0 Å². The van der Waals surface area contributed by atoms with Crippen LogP contribution in [0.5, 0.6) is 5.75 Å². The Hall–Kier alpha value is -1.33. The summed E-state index contributed by atoms with van der Waals surface area (Å²) in [5.41, 5.74) is 6.00. The van der Waals surface area contributed by atoms with Crippen LogP contribution in [0.1, 0.15) is 6.92 Å². The lowest BCUT2D eigenvalue weighted by Gasteiger charge is -2.22. The lowest BCUT2D eigenvalue weighted by Crippen LogP contribution is -2.34. The number of hydrogen-bond acceptors (Lipinski definition) is 4. The third kappa shape index (κ3) is 3.87. The molecule has 17 heavy (non-hydrogen) atoms. The zero-order valence-electron chi connectivity index (χ0n) is 10.2. The van der Waals surface area contributed by atoms with Crippen LogP contribution in [0, 0.1) is 5.82 Å². The Morgan fingerprint density at radius 3 is 2.76 bits per heavy atom. The molecule has 3 N–H and O–H groups in total. The molecule has 1 aromatic rings. The van der Waals surface area contributed by atoms with E-state index in [0.29, 0.717) is 18.8 Å². The number of ether oxygens (including phenoxy) is 1. The molecule has 1 aromatic carbocycles. The maximum Gasteiger partial charge on any atom is 0.167 e. The van der Waals surface area contributed by atoms with Gasteiger partial charge in [-0.25, -0.2) is 4.39 Å². The number of aliphatic hydroxyl groups is 1. The number of halogens is 1. The Kier molecular flexibility index (Phi) is 5.18. The van der Waals surface area contributed by atoms with Crippen molar-refractivity contribution in [3.05, 3.63) is 24.0 Å². The fourth-order valence-electron chi connectivity index (χ4n) is 1.50. The van der Waals surface area contributed by atoms with Gasteiger partial charge in [-0.3, -0.25) is 0 Å². The van der Waals surface area contributed by atoms with Crippen molar-refractivity contribution in [1.29, 1.82) is 0 Å². The topological polar surface area (TPSA) is 58.7 Å². The van der Waals surface area contributed by atoms with Crippen LogP contribution in [0.25, 0.3) is 0 Å². The van der Waals surface area contributed by atoms with Gasteiger partial charge in [0.05, 0.1) is 12.7 Å². The van der Waals surface area contributed by atoms with Crippen molar-refractivity contribution in [3.63, 3.8) is 0 Å². The van der Waals surface area contributed by atoms with Gasteiger partial charge in [0.1, 0.15) is 0 Å². The first kappa shape index (κ1) is 13.7. The largest absolute Gasteiger partial charge is 0.491 e. The highest BCUT2D eigenvalue weighted by Gasteiger charge is 2.10. The summed E-state index contributed by atoms with van der Waals surface area (Å²) >= 11 is 0. The van der Waals surface area contributed by atoms with Crippen LogP contribution in [0.3, 0.4) is 0 Å². The number of aliphatic hydroxyl groups excluding tert-OH is 1. The van der Waals surface area contributed by atoms with E-state index in [1.165, 1.54) is 6.07 Å². The molecule has 0 aliphatic rings. The van der Waals surface area contributed by atoms with Gasteiger partial charge in [-0.2, -0.15) is 0 Å². The molecular weight excluding hydrogens is 223 g/mol. The fraction of sp³-hybridized carbons (Fsp3) is 0.500. The van der Waals surface area contributed by atoms with Crippen molar-refractivity contribution >= 4 is 5.69 Å². The number of nitrogens with two attached hydrogens (primary N) is 1. The monoisotopic (exact) mass is 242 g/mol. The van der Waals surface area contributed by atoms with Crippen LogP contribution in [0.15, 0.2) is 18.2 Å². The first-order valence-electron chi connectivity index (χ1n) is 5.60. The van der Waals surface area contributed by atoms with E-state index in [4.69, 9.17) is 10.5 Å². The average molecular weight is 242 g/mol. The zero-order valence-corrected chi connectivity index (χ0v) is 10.2. The molecular formula is C12H19FN2O2. The molecule has 0 amide bonds. The summed E-state index contributed by atoms with van der Waals surface area (Å²) in [6.45, 7) is 2.78. The lowest BCUT2D eigenvalue weighted by molar-refractivity contribution is 0.189. The summed E-state index contributed by atoms with van der Waals surface area (Å²) in [7, 11) is 1.77. The molecule has 5 heteroatoms. The standard InChI is InChI=1S/C12H19FN2O2/c1-3-17-12-5-4-9(6-11(12)13)15(2)8-10(16)7-14/h4-6,10,16H,3,7-8,14H2,1-2H3. The van der Waals surface area contributed by atoms with E-state index in [2.05, 4.69) is 0 Å². The molecule has 0 aromatic heterocycles. The van der Waals surface area contributed by atoms with Crippen molar-refractivity contribution < 1.29 is 14.2 Å². The number of benzene rings is 1. The highest BCUT2D eigenvalue weighted by atomic mass is 19.1. The quantitative estimate of drug-likeness (QED) is 0.780. The fourth-order valence-corrected chi connectivity index (χ4v) is 1.50. The molecule has 0 heterocycles. The molecule has 1 rings (SSSR count). The lowest BCUT2D eigenvalue weighted by atomic mass is 10.2. The number of rotatable bonds is 6. The first-order chi connectivity index (χ1) is 8.08. The summed E-state index contributed by atoms with van der Waals surface area (Å²) in [5.74, 6) is -0.164.